The van der Waals surface area contributed by atoms with Crippen LogP contribution in [-0.2, 0) is 11.2 Å². The molecule has 19 heavy (non-hydrogen) atoms. The first-order valence-corrected chi connectivity index (χ1v) is 7.47. The Kier molecular flexibility index (Phi) is 4.93. The first-order valence-electron chi connectivity index (χ1n) is 5.79. The van der Waals surface area contributed by atoms with Crippen molar-refractivity contribution < 1.29 is 9.53 Å². The van der Waals surface area contributed by atoms with E-state index in [1.165, 1.54) is 11.3 Å². The topological polar surface area (TPSA) is 51.2 Å². The number of benzene rings is 1. The number of hydrogen-bond acceptors (Lipinski definition) is 4. The van der Waals surface area contributed by atoms with Gasteiger partial charge in [-0.05, 0) is 30.2 Å². The van der Waals surface area contributed by atoms with E-state index in [2.05, 4.69) is 26.2 Å². The Bertz CT molecular complexity index is 558. The third-order valence-electron chi connectivity index (χ3n) is 2.44. The van der Waals surface area contributed by atoms with Gasteiger partial charge in [0.05, 0.1) is 0 Å². The van der Waals surface area contributed by atoms with Gasteiger partial charge in [-0.2, -0.15) is 0 Å². The molecular weight excluding hydrogens is 328 g/mol. The van der Waals surface area contributed by atoms with Gasteiger partial charge >= 0.3 is 0 Å². The maximum Gasteiger partial charge on any atom is 0.264 e. The Hall–Kier alpha value is -1.40. The molecule has 0 bridgehead atoms. The Morgan fingerprint density at radius 1 is 1.53 bits per heavy atom. The summed E-state index contributed by atoms with van der Waals surface area (Å²) >= 11 is 4.79. The van der Waals surface area contributed by atoms with Crippen molar-refractivity contribution in [1.29, 1.82) is 0 Å². The molecular formula is C13H13BrN2O2S. The maximum atomic E-state index is 11.7. The minimum Gasteiger partial charge on any atom is -0.483 e. The predicted octanol–water partition coefficient (Wildman–Crippen LogP) is 3.49. The van der Waals surface area contributed by atoms with Crippen molar-refractivity contribution in [3.8, 4) is 5.75 Å². The predicted molar refractivity (Wildman–Crippen MR) is 79.8 cm³/mol. The normalized spacial score (nSPS) is 10.2. The fourth-order valence-corrected chi connectivity index (χ4v) is 2.50. The van der Waals surface area contributed by atoms with E-state index in [1.807, 2.05) is 25.1 Å². The van der Waals surface area contributed by atoms with Crippen LogP contribution in [0.15, 0.2) is 34.2 Å². The lowest BCUT2D eigenvalue weighted by atomic mass is 10.1. The fourth-order valence-electron chi connectivity index (χ4n) is 1.55. The summed E-state index contributed by atoms with van der Waals surface area (Å²) in [6.45, 7) is 2.03. The van der Waals surface area contributed by atoms with E-state index >= 15 is 0 Å². The average molecular weight is 341 g/mol. The van der Waals surface area contributed by atoms with Gasteiger partial charge in [0.1, 0.15) is 5.75 Å². The van der Waals surface area contributed by atoms with Crippen LogP contribution in [-0.4, -0.2) is 17.5 Å². The number of carbonyl (C=O) groups is 1. The molecule has 1 aromatic heterocycles. The highest BCUT2D eigenvalue weighted by Crippen LogP contribution is 2.23. The molecule has 1 amide bonds. The van der Waals surface area contributed by atoms with Gasteiger partial charge < -0.3 is 4.74 Å². The van der Waals surface area contributed by atoms with Crippen LogP contribution in [0, 0.1) is 0 Å². The number of halogens is 1. The van der Waals surface area contributed by atoms with Gasteiger partial charge in [-0.1, -0.05) is 22.9 Å². The molecule has 0 radical (unpaired) electrons. The second-order valence-corrected chi connectivity index (χ2v) is 5.59. The molecule has 2 aromatic rings. The zero-order valence-electron chi connectivity index (χ0n) is 10.4. The second kappa shape index (κ2) is 6.68. The lowest BCUT2D eigenvalue weighted by Crippen LogP contribution is -2.20. The third-order valence-corrected chi connectivity index (χ3v) is 3.62. The summed E-state index contributed by atoms with van der Waals surface area (Å²) in [6, 6.07) is 5.75. The van der Waals surface area contributed by atoms with E-state index in [0.717, 1.165) is 22.2 Å². The number of hydrogen-bond donors (Lipinski definition) is 1. The molecule has 4 nitrogen and oxygen atoms in total. The van der Waals surface area contributed by atoms with Crippen molar-refractivity contribution in [2.24, 2.45) is 0 Å². The number of thiazole rings is 1. The number of carbonyl (C=O) groups excluding carboxylic acids is 1. The Labute approximate surface area is 124 Å². The van der Waals surface area contributed by atoms with E-state index in [9.17, 15) is 4.79 Å². The molecule has 100 valence electrons. The molecule has 0 saturated carbocycles. The zero-order valence-corrected chi connectivity index (χ0v) is 12.8. The Balaban J connectivity index is 1.93. The molecule has 0 fully saturated rings. The first kappa shape index (κ1) is 14.0. The summed E-state index contributed by atoms with van der Waals surface area (Å²) in [4.78, 5) is 15.7. The largest absolute Gasteiger partial charge is 0.483 e. The van der Waals surface area contributed by atoms with Crippen LogP contribution in [0.1, 0.15) is 12.5 Å². The summed E-state index contributed by atoms with van der Waals surface area (Å²) in [5, 5.41) is 5.06. The van der Waals surface area contributed by atoms with Gasteiger partial charge in [0, 0.05) is 16.0 Å². The van der Waals surface area contributed by atoms with Crippen LogP contribution in [0.3, 0.4) is 0 Å². The van der Waals surface area contributed by atoms with E-state index in [0.29, 0.717) is 5.13 Å². The van der Waals surface area contributed by atoms with Crippen molar-refractivity contribution in [2.45, 2.75) is 13.3 Å². The monoisotopic (exact) mass is 340 g/mol. The zero-order chi connectivity index (χ0) is 13.7. The van der Waals surface area contributed by atoms with Crippen LogP contribution in [0.5, 0.6) is 5.75 Å². The van der Waals surface area contributed by atoms with Gasteiger partial charge in [0.25, 0.3) is 5.91 Å². The lowest BCUT2D eigenvalue weighted by molar-refractivity contribution is -0.118. The molecule has 0 saturated heterocycles. The van der Waals surface area contributed by atoms with Gasteiger partial charge in [-0.3, -0.25) is 10.1 Å². The average Bonchev–Trinajstić information content (AvgIpc) is 2.90. The van der Waals surface area contributed by atoms with E-state index < -0.39 is 0 Å². The lowest BCUT2D eigenvalue weighted by Gasteiger charge is -2.10. The molecule has 1 heterocycles. The van der Waals surface area contributed by atoms with Crippen molar-refractivity contribution >= 4 is 38.3 Å². The van der Waals surface area contributed by atoms with Crippen molar-refractivity contribution in [3.05, 3.63) is 39.8 Å². The maximum absolute atomic E-state index is 11.7. The standard InChI is InChI=1S/C13H13BrN2O2S/c1-2-9-7-10(14)3-4-11(9)18-8-12(17)16-13-15-5-6-19-13/h3-7H,2,8H2,1H3,(H,15,16,17). The number of amides is 1. The van der Waals surface area contributed by atoms with Gasteiger partial charge in [0.2, 0.25) is 0 Å². The molecule has 1 N–H and O–H groups in total. The molecule has 0 unspecified atom stereocenters. The number of ether oxygens (including phenoxy) is 1. The van der Waals surface area contributed by atoms with Gasteiger partial charge in [-0.15, -0.1) is 11.3 Å². The first-order chi connectivity index (χ1) is 9.19. The van der Waals surface area contributed by atoms with E-state index in [1.54, 1.807) is 11.6 Å². The highest BCUT2D eigenvalue weighted by molar-refractivity contribution is 9.10. The summed E-state index contributed by atoms with van der Waals surface area (Å²) in [7, 11) is 0. The Morgan fingerprint density at radius 2 is 2.37 bits per heavy atom. The smallest absolute Gasteiger partial charge is 0.264 e. The second-order valence-electron chi connectivity index (χ2n) is 3.78. The highest BCUT2D eigenvalue weighted by Gasteiger charge is 2.08. The minimum atomic E-state index is -0.208. The molecule has 0 aliphatic heterocycles. The fraction of sp³-hybridized carbons (Fsp3) is 0.231. The van der Waals surface area contributed by atoms with Crippen molar-refractivity contribution in [1.82, 2.24) is 4.98 Å². The number of aromatic nitrogens is 1. The van der Waals surface area contributed by atoms with Crippen LogP contribution in [0.25, 0.3) is 0 Å². The van der Waals surface area contributed by atoms with Crippen LogP contribution < -0.4 is 10.1 Å². The molecule has 0 aliphatic rings. The summed E-state index contributed by atoms with van der Waals surface area (Å²) < 4.78 is 6.54. The van der Waals surface area contributed by atoms with E-state index in [-0.39, 0.29) is 12.5 Å². The molecule has 0 spiro atoms. The minimum absolute atomic E-state index is 0.0196. The number of rotatable bonds is 5. The quantitative estimate of drug-likeness (QED) is 0.906. The number of anilines is 1. The van der Waals surface area contributed by atoms with Crippen LogP contribution in [0.2, 0.25) is 0 Å². The number of nitrogens with zero attached hydrogens (tertiary/aromatic N) is 1. The highest BCUT2D eigenvalue weighted by atomic mass is 79.9. The Morgan fingerprint density at radius 3 is 3.05 bits per heavy atom. The summed E-state index contributed by atoms with van der Waals surface area (Å²) in [5.74, 6) is 0.528. The van der Waals surface area contributed by atoms with Crippen LogP contribution in [0.4, 0.5) is 5.13 Å². The number of nitrogens with one attached hydrogen (secondary N) is 1. The van der Waals surface area contributed by atoms with Crippen LogP contribution >= 0.6 is 27.3 Å². The molecule has 6 heteroatoms. The van der Waals surface area contributed by atoms with Crippen molar-refractivity contribution in [3.63, 3.8) is 0 Å². The summed E-state index contributed by atoms with van der Waals surface area (Å²) in [5.41, 5.74) is 1.07. The summed E-state index contributed by atoms with van der Waals surface area (Å²) in [6.07, 6.45) is 2.49. The third kappa shape index (κ3) is 4.04. The van der Waals surface area contributed by atoms with Gasteiger partial charge in [-0.25, -0.2) is 4.98 Å². The molecule has 0 atom stereocenters. The molecule has 0 aliphatic carbocycles. The number of aryl methyl sites for hydroxylation is 1. The molecule has 1 aromatic carbocycles. The van der Waals surface area contributed by atoms with Gasteiger partial charge in [0.15, 0.2) is 11.7 Å². The molecule has 2 rings (SSSR count). The van der Waals surface area contributed by atoms with E-state index in [4.69, 9.17) is 4.74 Å². The SMILES string of the molecule is CCc1cc(Br)ccc1OCC(=O)Nc1nccs1. The van der Waals surface area contributed by atoms with Crippen molar-refractivity contribution in [2.75, 3.05) is 11.9 Å².